The molecule has 2 heteroatoms. The Morgan fingerprint density at radius 1 is 1.33 bits per heavy atom. The van der Waals surface area contributed by atoms with Gasteiger partial charge in [-0.2, -0.15) is 0 Å². The van der Waals surface area contributed by atoms with E-state index in [9.17, 15) is 0 Å². The lowest BCUT2D eigenvalue weighted by Gasteiger charge is -2.50. The lowest BCUT2D eigenvalue weighted by molar-refractivity contribution is -0.0135. The summed E-state index contributed by atoms with van der Waals surface area (Å²) in [6.07, 6.45) is 1.39. The Balaban J connectivity index is 1.81. The molecule has 0 radical (unpaired) electrons. The van der Waals surface area contributed by atoms with Gasteiger partial charge in [0.25, 0.3) is 0 Å². The van der Waals surface area contributed by atoms with Gasteiger partial charge in [0.1, 0.15) is 0 Å². The minimum absolute atomic E-state index is 0.639. The zero-order valence-electron chi connectivity index (χ0n) is 10.4. The van der Waals surface area contributed by atoms with E-state index in [0.29, 0.717) is 5.41 Å². The summed E-state index contributed by atoms with van der Waals surface area (Å²) in [5, 5.41) is 0. The Labute approximate surface area is 93.9 Å². The molecule has 0 N–H and O–H groups in total. The Morgan fingerprint density at radius 2 is 2.00 bits per heavy atom. The Bertz CT molecular complexity index is 251. The average Bonchev–Trinajstić information content (AvgIpc) is 2.44. The van der Waals surface area contributed by atoms with Crippen molar-refractivity contribution in [3.63, 3.8) is 0 Å². The minimum Gasteiger partial charge on any atom is -0.300 e. The Hall–Kier alpha value is -0.340. The first kappa shape index (κ1) is 11.2. The first-order valence-corrected chi connectivity index (χ1v) is 6.12. The van der Waals surface area contributed by atoms with Crippen molar-refractivity contribution in [1.29, 1.82) is 0 Å². The van der Waals surface area contributed by atoms with E-state index in [2.05, 4.69) is 37.1 Å². The number of rotatable bonds is 3. The van der Waals surface area contributed by atoms with Crippen molar-refractivity contribution in [2.45, 2.75) is 33.2 Å². The summed E-state index contributed by atoms with van der Waals surface area (Å²) in [4.78, 5) is 5.16. The third-order valence-electron chi connectivity index (χ3n) is 3.82. The van der Waals surface area contributed by atoms with Crippen LogP contribution in [0.25, 0.3) is 0 Å². The standard InChI is InChI=1S/C13H24N2/c1-11(2)7-14-6-5-13(8-14)9-15(10-13)12(3)4/h12H,1,5-10H2,2-4H3. The molecule has 2 rings (SSSR count). The lowest BCUT2D eigenvalue weighted by Crippen LogP contribution is -2.59. The fourth-order valence-corrected chi connectivity index (χ4v) is 2.98. The molecule has 0 amide bonds. The third kappa shape index (κ3) is 2.26. The lowest BCUT2D eigenvalue weighted by atomic mass is 9.78. The van der Waals surface area contributed by atoms with Crippen LogP contribution in [0.1, 0.15) is 27.2 Å². The molecule has 2 fully saturated rings. The van der Waals surface area contributed by atoms with E-state index in [0.717, 1.165) is 12.6 Å². The van der Waals surface area contributed by atoms with E-state index >= 15 is 0 Å². The van der Waals surface area contributed by atoms with Crippen molar-refractivity contribution in [3.8, 4) is 0 Å². The second-order valence-corrected chi connectivity index (χ2v) is 5.92. The molecule has 2 aliphatic heterocycles. The molecule has 0 aromatic heterocycles. The predicted molar refractivity (Wildman–Crippen MR) is 65.0 cm³/mol. The molecule has 0 unspecified atom stereocenters. The summed E-state index contributed by atoms with van der Waals surface area (Å²) in [6, 6.07) is 0.728. The number of nitrogens with zero attached hydrogens (tertiary/aromatic N) is 2. The smallest absolute Gasteiger partial charge is 0.0187 e. The fourth-order valence-electron chi connectivity index (χ4n) is 2.98. The van der Waals surface area contributed by atoms with E-state index in [-0.39, 0.29) is 0 Å². The van der Waals surface area contributed by atoms with Gasteiger partial charge in [-0.25, -0.2) is 0 Å². The first-order chi connectivity index (χ1) is 7.01. The van der Waals surface area contributed by atoms with Crippen molar-refractivity contribution in [2.75, 3.05) is 32.7 Å². The summed E-state index contributed by atoms with van der Waals surface area (Å²) in [6.45, 7) is 17.0. The van der Waals surface area contributed by atoms with Gasteiger partial charge in [-0.15, -0.1) is 0 Å². The summed E-state index contributed by atoms with van der Waals surface area (Å²) in [5.41, 5.74) is 1.94. The molecular formula is C13H24N2. The van der Waals surface area contributed by atoms with Crippen LogP contribution in [0.3, 0.4) is 0 Å². The summed E-state index contributed by atoms with van der Waals surface area (Å²) in [7, 11) is 0. The van der Waals surface area contributed by atoms with Crippen LogP contribution in [0, 0.1) is 5.41 Å². The van der Waals surface area contributed by atoms with Gasteiger partial charge in [-0.3, -0.25) is 9.80 Å². The van der Waals surface area contributed by atoms with E-state index in [4.69, 9.17) is 0 Å². The van der Waals surface area contributed by atoms with E-state index in [1.54, 1.807) is 0 Å². The summed E-state index contributed by atoms with van der Waals surface area (Å²) >= 11 is 0. The van der Waals surface area contributed by atoms with Crippen molar-refractivity contribution in [1.82, 2.24) is 9.80 Å². The molecule has 1 spiro atoms. The zero-order chi connectivity index (χ0) is 11.1. The Kier molecular flexibility index (Phi) is 2.91. The Morgan fingerprint density at radius 3 is 2.53 bits per heavy atom. The average molecular weight is 208 g/mol. The maximum Gasteiger partial charge on any atom is 0.0187 e. The van der Waals surface area contributed by atoms with Crippen molar-refractivity contribution < 1.29 is 0 Å². The number of hydrogen-bond acceptors (Lipinski definition) is 2. The molecule has 86 valence electrons. The monoisotopic (exact) mass is 208 g/mol. The third-order valence-corrected chi connectivity index (χ3v) is 3.82. The van der Waals surface area contributed by atoms with Crippen molar-refractivity contribution in [2.24, 2.45) is 5.41 Å². The van der Waals surface area contributed by atoms with Gasteiger partial charge in [0.05, 0.1) is 0 Å². The highest BCUT2D eigenvalue weighted by Crippen LogP contribution is 2.40. The highest BCUT2D eigenvalue weighted by Gasteiger charge is 2.47. The normalized spacial score (nSPS) is 26.1. The molecule has 2 heterocycles. The minimum atomic E-state index is 0.639. The van der Waals surface area contributed by atoms with Crippen LogP contribution in [0.15, 0.2) is 12.2 Å². The van der Waals surface area contributed by atoms with Gasteiger partial charge in [-0.05, 0) is 33.7 Å². The van der Waals surface area contributed by atoms with Crippen LogP contribution in [0.4, 0.5) is 0 Å². The van der Waals surface area contributed by atoms with Gasteiger partial charge in [0.15, 0.2) is 0 Å². The van der Waals surface area contributed by atoms with Crippen LogP contribution in [0.5, 0.6) is 0 Å². The molecule has 0 atom stereocenters. The van der Waals surface area contributed by atoms with E-state index in [1.807, 2.05) is 0 Å². The van der Waals surface area contributed by atoms with E-state index in [1.165, 1.54) is 38.2 Å². The quantitative estimate of drug-likeness (QED) is 0.654. The largest absolute Gasteiger partial charge is 0.300 e. The fraction of sp³-hybridized carbons (Fsp3) is 0.846. The molecule has 0 aromatic rings. The molecule has 2 aliphatic rings. The van der Waals surface area contributed by atoms with Crippen LogP contribution >= 0.6 is 0 Å². The van der Waals surface area contributed by atoms with Gasteiger partial charge in [0.2, 0.25) is 0 Å². The van der Waals surface area contributed by atoms with Crippen LogP contribution in [-0.2, 0) is 0 Å². The number of hydrogen-bond donors (Lipinski definition) is 0. The van der Waals surface area contributed by atoms with Gasteiger partial charge < -0.3 is 0 Å². The SMILES string of the molecule is C=C(C)CN1CCC2(C1)CN(C(C)C)C2. The highest BCUT2D eigenvalue weighted by atomic mass is 15.3. The molecule has 0 saturated carbocycles. The maximum atomic E-state index is 4.00. The zero-order valence-corrected chi connectivity index (χ0v) is 10.4. The van der Waals surface area contributed by atoms with Crippen LogP contribution in [-0.4, -0.2) is 48.6 Å². The molecule has 0 aliphatic carbocycles. The topological polar surface area (TPSA) is 6.48 Å². The first-order valence-electron chi connectivity index (χ1n) is 6.12. The molecule has 0 aromatic carbocycles. The van der Waals surface area contributed by atoms with Gasteiger partial charge >= 0.3 is 0 Å². The predicted octanol–water partition coefficient (Wildman–Crippen LogP) is 1.98. The number of likely N-dealkylation sites (tertiary alicyclic amines) is 2. The highest BCUT2D eigenvalue weighted by molar-refractivity contribution is 5.04. The molecule has 15 heavy (non-hydrogen) atoms. The van der Waals surface area contributed by atoms with Crippen LogP contribution in [0.2, 0.25) is 0 Å². The van der Waals surface area contributed by atoms with Crippen molar-refractivity contribution >= 4 is 0 Å². The second-order valence-electron chi connectivity index (χ2n) is 5.92. The van der Waals surface area contributed by atoms with E-state index < -0.39 is 0 Å². The summed E-state index contributed by atoms with van der Waals surface area (Å²) < 4.78 is 0. The molecule has 2 nitrogen and oxygen atoms in total. The maximum absolute atomic E-state index is 4.00. The van der Waals surface area contributed by atoms with Crippen molar-refractivity contribution in [3.05, 3.63) is 12.2 Å². The summed E-state index contributed by atoms with van der Waals surface area (Å²) in [5.74, 6) is 0. The molecular weight excluding hydrogens is 184 g/mol. The second kappa shape index (κ2) is 3.91. The van der Waals surface area contributed by atoms with Gasteiger partial charge in [-0.1, -0.05) is 12.2 Å². The molecule has 0 bridgehead atoms. The van der Waals surface area contributed by atoms with Crippen LogP contribution < -0.4 is 0 Å². The molecule has 2 saturated heterocycles. The van der Waals surface area contributed by atoms with Gasteiger partial charge in [0, 0.05) is 37.6 Å².